The molecule has 1 aromatic heterocycles. The van der Waals surface area contributed by atoms with Crippen LogP contribution in [0.15, 0.2) is 59.5 Å². The molecule has 0 radical (unpaired) electrons. The van der Waals surface area contributed by atoms with E-state index in [1.807, 2.05) is 12.1 Å². The van der Waals surface area contributed by atoms with Crippen LogP contribution in [0.2, 0.25) is 0 Å². The first-order valence-electron chi connectivity index (χ1n) is 8.11. The molecule has 2 unspecified atom stereocenters. The van der Waals surface area contributed by atoms with Crippen molar-refractivity contribution in [2.75, 3.05) is 0 Å². The molecule has 1 saturated carbocycles. The van der Waals surface area contributed by atoms with Gasteiger partial charge in [-0.25, -0.2) is 9.37 Å². The molecule has 2 aromatic carbocycles. The molecular formula is C19H16FN3O2. The summed E-state index contributed by atoms with van der Waals surface area (Å²) < 4.78 is 14.7. The predicted octanol–water partition coefficient (Wildman–Crippen LogP) is 2.21. The number of nitrogens with one attached hydrogen (secondary N) is 1. The summed E-state index contributed by atoms with van der Waals surface area (Å²) in [5.74, 6) is -0.378. The summed E-state index contributed by atoms with van der Waals surface area (Å²) in [6, 6.07) is 13.6. The molecule has 1 heterocycles. The van der Waals surface area contributed by atoms with Gasteiger partial charge in [0.25, 0.3) is 5.56 Å². The van der Waals surface area contributed by atoms with Gasteiger partial charge in [0.2, 0.25) is 5.91 Å². The van der Waals surface area contributed by atoms with Gasteiger partial charge in [-0.1, -0.05) is 24.3 Å². The van der Waals surface area contributed by atoms with E-state index >= 15 is 0 Å². The quantitative estimate of drug-likeness (QED) is 0.794. The maximum Gasteiger partial charge on any atom is 0.269 e. The van der Waals surface area contributed by atoms with Crippen molar-refractivity contribution in [1.82, 2.24) is 14.9 Å². The first-order valence-corrected chi connectivity index (χ1v) is 8.11. The topological polar surface area (TPSA) is 64.0 Å². The van der Waals surface area contributed by atoms with E-state index in [0.29, 0.717) is 11.0 Å². The normalized spacial score (nSPS) is 18.9. The summed E-state index contributed by atoms with van der Waals surface area (Å²) >= 11 is 0. The van der Waals surface area contributed by atoms with Crippen LogP contribution in [0.1, 0.15) is 17.9 Å². The lowest BCUT2D eigenvalue weighted by Gasteiger charge is -2.10. The molecule has 2 atom stereocenters. The van der Waals surface area contributed by atoms with Gasteiger partial charge in [-0.15, -0.1) is 0 Å². The molecule has 1 amide bonds. The lowest BCUT2D eigenvalue weighted by molar-refractivity contribution is -0.121. The van der Waals surface area contributed by atoms with E-state index in [1.165, 1.54) is 22.9 Å². The number of hydrogen-bond donors (Lipinski definition) is 1. The smallest absolute Gasteiger partial charge is 0.269 e. The zero-order valence-corrected chi connectivity index (χ0v) is 13.4. The van der Waals surface area contributed by atoms with Crippen LogP contribution < -0.4 is 10.9 Å². The highest BCUT2D eigenvalue weighted by Gasteiger charge is 2.39. The van der Waals surface area contributed by atoms with Crippen LogP contribution in [0.25, 0.3) is 11.0 Å². The third kappa shape index (κ3) is 3.15. The van der Waals surface area contributed by atoms with Crippen LogP contribution in [0.5, 0.6) is 0 Å². The summed E-state index contributed by atoms with van der Waals surface area (Å²) in [4.78, 5) is 28.5. The molecule has 0 spiro atoms. The van der Waals surface area contributed by atoms with Gasteiger partial charge in [-0.3, -0.25) is 14.2 Å². The number of carbonyl (C=O) groups is 1. The Morgan fingerprint density at radius 1 is 1.24 bits per heavy atom. The molecule has 5 nitrogen and oxygen atoms in total. The SMILES string of the molecule is O=C(Cn1c(=O)cnc2ccccc21)NC1CC1c1cccc(F)c1. The van der Waals surface area contributed by atoms with Crippen LogP contribution in [-0.4, -0.2) is 21.5 Å². The molecule has 6 heteroatoms. The summed E-state index contributed by atoms with van der Waals surface area (Å²) in [5, 5.41) is 2.92. The number of halogens is 1. The van der Waals surface area contributed by atoms with E-state index in [1.54, 1.807) is 24.3 Å². The Labute approximate surface area is 143 Å². The van der Waals surface area contributed by atoms with Crippen molar-refractivity contribution in [3.8, 4) is 0 Å². The molecule has 0 aliphatic heterocycles. The largest absolute Gasteiger partial charge is 0.351 e. The highest BCUT2D eigenvalue weighted by molar-refractivity contribution is 5.80. The molecule has 126 valence electrons. The predicted molar refractivity (Wildman–Crippen MR) is 91.7 cm³/mol. The summed E-state index contributed by atoms with van der Waals surface area (Å²) in [6.45, 7) is -0.0613. The zero-order chi connectivity index (χ0) is 17.4. The minimum atomic E-state index is -0.314. The fourth-order valence-electron chi connectivity index (χ4n) is 3.13. The van der Waals surface area contributed by atoms with Gasteiger partial charge >= 0.3 is 0 Å². The fourth-order valence-corrected chi connectivity index (χ4v) is 3.13. The van der Waals surface area contributed by atoms with Crippen LogP contribution in [-0.2, 0) is 11.3 Å². The van der Waals surface area contributed by atoms with Crippen LogP contribution in [0.3, 0.4) is 0 Å². The average molecular weight is 337 g/mol. The number of fused-ring (bicyclic) bond motifs is 1. The van der Waals surface area contributed by atoms with Gasteiger partial charge < -0.3 is 5.32 Å². The lowest BCUT2D eigenvalue weighted by Crippen LogP contribution is -2.34. The minimum Gasteiger partial charge on any atom is -0.351 e. The molecule has 0 bridgehead atoms. The maximum absolute atomic E-state index is 13.3. The van der Waals surface area contributed by atoms with Crippen molar-refractivity contribution in [1.29, 1.82) is 0 Å². The number of nitrogens with zero attached hydrogens (tertiary/aromatic N) is 2. The number of carbonyl (C=O) groups excluding carboxylic acids is 1. The summed E-state index contributed by atoms with van der Waals surface area (Å²) in [6.07, 6.45) is 2.00. The molecule has 1 aliphatic carbocycles. The Morgan fingerprint density at radius 3 is 2.92 bits per heavy atom. The van der Waals surface area contributed by atoms with Crippen molar-refractivity contribution >= 4 is 16.9 Å². The van der Waals surface area contributed by atoms with Gasteiger partial charge in [-0.05, 0) is 36.2 Å². The molecular weight excluding hydrogens is 321 g/mol. The molecule has 25 heavy (non-hydrogen) atoms. The van der Waals surface area contributed by atoms with Crippen molar-refractivity contribution < 1.29 is 9.18 Å². The zero-order valence-electron chi connectivity index (χ0n) is 13.4. The number of benzene rings is 2. The highest BCUT2D eigenvalue weighted by Crippen LogP contribution is 2.40. The van der Waals surface area contributed by atoms with Gasteiger partial charge in [0.05, 0.1) is 17.2 Å². The molecule has 1 fully saturated rings. The summed E-state index contributed by atoms with van der Waals surface area (Å²) in [5.41, 5.74) is 1.87. The molecule has 0 saturated heterocycles. The van der Waals surface area contributed by atoms with Crippen molar-refractivity contribution in [3.63, 3.8) is 0 Å². The Bertz CT molecular complexity index is 1010. The minimum absolute atomic E-state index is 0.0156. The summed E-state index contributed by atoms with van der Waals surface area (Å²) in [7, 11) is 0. The monoisotopic (exact) mass is 337 g/mol. The standard InChI is InChI=1S/C19H16FN3O2/c20-13-5-3-4-12(8-13)14-9-16(14)22-18(24)11-23-17-7-2-1-6-15(17)21-10-19(23)25/h1-8,10,14,16H,9,11H2,(H,22,24). The van der Waals surface area contributed by atoms with E-state index in [2.05, 4.69) is 10.3 Å². The fraction of sp³-hybridized carbons (Fsp3) is 0.211. The van der Waals surface area contributed by atoms with Crippen molar-refractivity contribution in [2.24, 2.45) is 0 Å². The van der Waals surface area contributed by atoms with Gasteiger partial charge in [0.1, 0.15) is 12.4 Å². The van der Waals surface area contributed by atoms with Gasteiger partial charge in [-0.2, -0.15) is 0 Å². The first-order chi connectivity index (χ1) is 12.1. The Kier molecular flexibility index (Phi) is 3.80. The highest BCUT2D eigenvalue weighted by atomic mass is 19.1. The first kappa shape index (κ1) is 15.5. The number of para-hydroxylation sites is 2. The van der Waals surface area contributed by atoms with Crippen molar-refractivity contribution in [3.05, 3.63) is 76.5 Å². The van der Waals surface area contributed by atoms with E-state index in [9.17, 15) is 14.0 Å². The number of rotatable bonds is 4. The Balaban J connectivity index is 1.47. The van der Waals surface area contributed by atoms with Crippen LogP contribution in [0.4, 0.5) is 4.39 Å². The maximum atomic E-state index is 13.3. The second kappa shape index (κ2) is 6.12. The number of amides is 1. The third-order valence-corrected chi connectivity index (χ3v) is 4.47. The number of hydrogen-bond acceptors (Lipinski definition) is 3. The van der Waals surface area contributed by atoms with E-state index in [-0.39, 0.29) is 35.8 Å². The molecule has 3 aromatic rings. The van der Waals surface area contributed by atoms with E-state index in [4.69, 9.17) is 0 Å². The number of aromatic nitrogens is 2. The Hall–Kier alpha value is -3.02. The van der Waals surface area contributed by atoms with E-state index < -0.39 is 0 Å². The van der Waals surface area contributed by atoms with E-state index in [0.717, 1.165) is 12.0 Å². The second-order valence-electron chi connectivity index (χ2n) is 6.24. The Morgan fingerprint density at radius 2 is 2.08 bits per heavy atom. The second-order valence-corrected chi connectivity index (χ2v) is 6.24. The van der Waals surface area contributed by atoms with Gasteiger partial charge in [0.15, 0.2) is 0 Å². The molecule has 1 N–H and O–H groups in total. The lowest BCUT2D eigenvalue weighted by atomic mass is 10.1. The van der Waals surface area contributed by atoms with Gasteiger partial charge in [0, 0.05) is 12.0 Å². The average Bonchev–Trinajstić information content (AvgIpc) is 3.36. The van der Waals surface area contributed by atoms with Crippen molar-refractivity contribution in [2.45, 2.75) is 24.9 Å². The van der Waals surface area contributed by atoms with Crippen LogP contribution in [0, 0.1) is 5.82 Å². The molecule has 1 aliphatic rings. The third-order valence-electron chi connectivity index (χ3n) is 4.47. The van der Waals surface area contributed by atoms with Crippen LogP contribution >= 0.6 is 0 Å². The molecule has 4 rings (SSSR count).